The molecule has 7 heteroatoms. The topological polar surface area (TPSA) is 96.0 Å². The van der Waals surface area contributed by atoms with E-state index in [0.29, 0.717) is 22.4 Å². The van der Waals surface area contributed by atoms with Crippen molar-refractivity contribution in [2.24, 2.45) is 0 Å². The van der Waals surface area contributed by atoms with Crippen LogP contribution in [0.15, 0.2) is 65.5 Å². The van der Waals surface area contributed by atoms with Crippen LogP contribution in [0.25, 0.3) is 22.4 Å². The summed E-state index contributed by atoms with van der Waals surface area (Å²) in [5.74, 6) is -1.20. The molecule has 0 radical (unpaired) electrons. The van der Waals surface area contributed by atoms with Crippen molar-refractivity contribution >= 4 is 18.4 Å². The smallest absolute Gasteiger partial charge is 0.328 e. The quantitative estimate of drug-likeness (QED) is 0.745. The summed E-state index contributed by atoms with van der Waals surface area (Å²) in [7, 11) is 0. The fourth-order valence-corrected chi connectivity index (χ4v) is 2.70. The van der Waals surface area contributed by atoms with Gasteiger partial charge in [-0.05, 0) is 12.5 Å². The van der Waals surface area contributed by atoms with Gasteiger partial charge in [0.1, 0.15) is 17.3 Å². The van der Waals surface area contributed by atoms with E-state index in [1.54, 1.807) is 36.4 Å². The Bertz CT molecular complexity index is 1060. The molecule has 0 saturated heterocycles. The normalized spacial score (nSPS) is 11.1. The van der Waals surface area contributed by atoms with Gasteiger partial charge in [-0.3, -0.25) is 4.79 Å². The van der Waals surface area contributed by atoms with Crippen LogP contribution in [0.2, 0.25) is 0 Å². The number of rotatable bonds is 4. The van der Waals surface area contributed by atoms with Gasteiger partial charge in [0.2, 0.25) is 0 Å². The third-order valence-corrected chi connectivity index (χ3v) is 4.06. The Morgan fingerprint density at radius 2 is 1.59 bits per heavy atom. The molecule has 3 aromatic rings. The highest BCUT2D eigenvalue weighted by atomic mass is 35.5. The first-order chi connectivity index (χ1) is 12.5. The minimum atomic E-state index is -1.20. The number of carboxylic acids is 1. The van der Waals surface area contributed by atoms with Crippen molar-refractivity contribution in [3.63, 3.8) is 0 Å². The van der Waals surface area contributed by atoms with Crippen LogP contribution in [-0.2, 0) is 4.79 Å². The van der Waals surface area contributed by atoms with E-state index in [4.69, 9.17) is 0 Å². The molecular formula is C20H16ClN3O3. The van der Waals surface area contributed by atoms with Crippen LogP contribution >= 0.6 is 12.4 Å². The monoisotopic (exact) mass is 381 g/mol. The highest BCUT2D eigenvalue weighted by Crippen LogP contribution is 2.31. The van der Waals surface area contributed by atoms with E-state index in [2.05, 4.69) is 5.10 Å². The number of nitrogens with zero attached hydrogens (tertiary/aromatic N) is 3. The Labute approximate surface area is 161 Å². The van der Waals surface area contributed by atoms with Crippen LogP contribution in [0.4, 0.5) is 0 Å². The predicted octanol–water partition coefficient (Wildman–Crippen LogP) is 3.52. The highest BCUT2D eigenvalue weighted by Gasteiger charge is 2.24. The summed E-state index contributed by atoms with van der Waals surface area (Å²) in [5.41, 5.74) is 1.30. The average molecular weight is 382 g/mol. The molecule has 0 amide bonds. The molecule has 1 atom stereocenters. The van der Waals surface area contributed by atoms with Crippen LogP contribution in [0.1, 0.15) is 18.5 Å². The molecule has 1 unspecified atom stereocenters. The first-order valence-electron chi connectivity index (χ1n) is 7.95. The maximum Gasteiger partial charge on any atom is 0.328 e. The third-order valence-electron chi connectivity index (χ3n) is 4.06. The molecule has 1 heterocycles. The maximum absolute atomic E-state index is 12.7. The van der Waals surface area contributed by atoms with Crippen molar-refractivity contribution in [2.45, 2.75) is 13.0 Å². The number of nitriles is 1. The van der Waals surface area contributed by atoms with E-state index in [1.807, 2.05) is 30.3 Å². The summed E-state index contributed by atoms with van der Waals surface area (Å²) in [6.45, 7) is 1.36. The summed E-state index contributed by atoms with van der Waals surface area (Å²) >= 11 is 0. The zero-order valence-corrected chi connectivity index (χ0v) is 15.2. The van der Waals surface area contributed by atoms with Gasteiger partial charge in [-0.25, -0.2) is 9.48 Å². The number of benzene rings is 2. The summed E-state index contributed by atoms with van der Waals surface area (Å²) < 4.78 is 0.857. The standard InChI is InChI=1S/C20H15N3O3.ClH/c1-13(20(25)26)23-19(24)16(12-21)17(14-8-4-2-5-9-14)18(22-23)15-10-6-3-7-11-15;/h2-11,13H,1H3,(H,25,26);1H. The fourth-order valence-electron chi connectivity index (χ4n) is 2.70. The van der Waals surface area contributed by atoms with Gasteiger partial charge in [0.05, 0.1) is 0 Å². The largest absolute Gasteiger partial charge is 0.480 e. The van der Waals surface area contributed by atoms with Crippen molar-refractivity contribution in [1.29, 1.82) is 5.26 Å². The molecule has 0 bridgehead atoms. The lowest BCUT2D eigenvalue weighted by Gasteiger charge is -2.16. The number of carboxylic acid groups (broad SMARTS) is 1. The number of aliphatic carboxylic acids is 1. The van der Waals surface area contributed by atoms with E-state index in [-0.39, 0.29) is 18.0 Å². The van der Waals surface area contributed by atoms with Crippen molar-refractivity contribution in [3.05, 3.63) is 76.6 Å². The van der Waals surface area contributed by atoms with Crippen LogP contribution < -0.4 is 5.56 Å². The molecule has 0 fully saturated rings. The second kappa shape index (κ2) is 8.30. The molecule has 3 rings (SSSR count). The van der Waals surface area contributed by atoms with Crippen LogP contribution in [0.5, 0.6) is 0 Å². The summed E-state index contributed by atoms with van der Waals surface area (Å²) in [4.78, 5) is 24.1. The predicted molar refractivity (Wildman–Crippen MR) is 104 cm³/mol. The van der Waals surface area contributed by atoms with E-state index in [0.717, 1.165) is 4.68 Å². The molecular weight excluding hydrogens is 366 g/mol. The van der Waals surface area contributed by atoms with E-state index >= 15 is 0 Å². The lowest BCUT2D eigenvalue weighted by atomic mass is 9.96. The van der Waals surface area contributed by atoms with Gasteiger partial charge in [0.15, 0.2) is 6.04 Å². The molecule has 0 aliphatic carbocycles. The van der Waals surface area contributed by atoms with Crippen molar-refractivity contribution in [3.8, 4) is 28.5 Å². The second-order valence-corrected chi connectivity index (χ2v) is 5.71. The Morgan fingerprint density at radius 1 is 1.07 bits per heavy atom. The molecule has 136 valence electrons. The Hall–Kier alpha value is -3.43. The minimum Gasteiger partial charge on any atom is -0.480 e. The van der Waals surface area contributed by atoms with Gasteiger partial charge in [0.25, 0.3) is 5.56 Å². The van der Waals surface area contributed by atoms with Gasteiger partial charge < -0.3 is 5.11 Å². The zero-order valence-electron chi connectivity index (χ0n) is 14.4. The van der Waals surface area contributed by atoms with Crippen LogP contribution in [-0.4, -0.2) is 20.9 Å². The SMILES string of the molecule is CC(C(=O)O)n1nc(-c2ccccc2)c(-c2ccccc2)c(C#N)c1=O.Cl. The summed E-state index contributed by atoms with van der Waals surface area (Å²) in [6, 6.07) is 18.8. The van der Waals surface area contributed by atoms with Gasteiger partial charge in [-0.15, -0.1) is 12.4 Å². The molecule has 0 spiro atoms. The molecule has 1 N–H and O–H groups in total. The Balaban J connectivity index is 0.00000261. The van der Waals surface area contributed by atoms with Gasteiger partial charge >= 0.3 is 5.97 Å². The number of halogens is 1. The van der Waals surface area contributed by atoms with E-state index in [1.165, 1.54) is 6.92 Å². The maximum atomic E-state index is 12.7. The summed E-state index contributed by atoms with van der Waals surface area (Å²) in [5, 5.41) is 23.2. The van der Waals surface area contributed by atoms with Crippen molar-refractivity contribution < 1.29 is 9.90 Å². The Morgan fingerprint density at radius 3 is 2.07 bits per heavy atom. The molecule has 2 aromatic carbocycles. The lowest BCUT2D eigenvalue weighted by molar-refractivity contribution is -0.140. The van der Waals surface area contributed by atoms with Crippen LogP contribution in [0.3, 0.4) is 0 Å². The number of aromatic nitrogens is 2. The first-order valence-corrected chi connectivity index (χ1v) is 7.95. The number of carbonyl (C=O) groups is 1. The average Bonchev–Trinajstić information content (AvgIpc) is 2.68. The van der Waals surface area contributed by atoms with E-state index < -0.39 is 17.6 Å². The second-order valence-electron chi connectivity index (χ2n) is 5.71. The molecule has 0 aliphatic heterocycles. The van der Waals surface area contributed by atoms with Crippen molar-refractivity contribution in [1.82, 2.24) is 9.78 Å². The lowest BCUT2D eigenvalue weighted by Crippen LogP contribution is -2.33. The van der Waals surface area contributed by atoms with Gasteiger partial charge in [-0.1, -0.05) is 60.7 Å². The molecule has 6 nitrogen and oxygen atoms in total. The van der Waals surface area contributed by atoms with Crippen LogP contribution in [0, 0.1) is 11.3 Å². The molecule has 27 heavy (non-hydrogen) atoms. The highest BCUT2D eigenvalue weighted by molar-refractivity contribution is 5.85. The molecule has 0 saturated carbocycles. The van der Waals surface area contributed by atoms with Gasteiger partial charge in [0, 0.05) is 11.1 Å². The fraction of sp³-hybridized carbons (Fsp3) is 0.100. The molecule has 1 aromatic heterocycles. The molecule has 0 aliphatic rings. The summed E-state index contributed by atoms with van der Waals surface area (Å²) in [6.07, 6.45) is 0. The zero-order chi connectivity index (χ0) is 18.7. The third kappa shape index (κ3) is 3.73. The first kappa shape index (κ1) is 19.9. The number of hydrogen-bond acceptors (Lipinski definition) is 4. The van der Waals surface area contributed by atoms with Crippen molar-refractivity contribution in [2.75, 3.05) is 0 Å². The minimum absolute atomic E-state index is 0. The van der Waals surface area contributed by atoms with E-state index in [9.17, 15) is 20.0 Å². The number of hydrogen-bond donors (Lipinski definition) is 1. The van der Waals surface area contributed by atoms with Gasteiger partial charge in [-0.2, -0.15) is 10.4 Å². The Kier molecular flexibility index (Phi) is 6.11.